The summed E-state index contributed by atoms with van der Waals surface area (Å²) in [5.74, 6) is -0.474. The average Bonchev–Trinajstić information content (AvgIpc) is 2.69. The van der Waals surface area contributed by atoms with Crippen LogP contribution in [0.4, 0.5) is 9.59 Å². The molecule has 2 heterocycles. The summed E-state index contributed by atoms with van der Waals surface area (Å²) in [6.07, 6.45) is 1.58. The normalized spacial score (nSPS) is 20.6. The third-order valence-electron chi connectivity index (χ3n) is 6.32. The summed E-state index contributed by atoms with van der Waals surface area (Å²) in [5.41, 5.74) is -0.220. The molecule has 29 heavy (non-hydrogen) atoms. The first-order valence-corrected chi connectivity index (χ1v) is 10.5. The minimum atomic E-state index is -0.878. The molecule has 0 aromatic carbocycles. The first kappa shape index (κ1) is 23.3. The van der Waals surface area contributed by atoms with Gasteiger partial charge in [-0.2, -0.15) is 0 Å². The van der Waals surface area contributed by atoms with Gasteiger partial charge in [0.2, 0.25) is 0 Å². The maximum absolute atomic E-state index is 13.0. The predicted molar refractivity (Wildman–Crippen MR) is 109 cm³/mol. The Morgan fingerprint density at radius 2 is 1.72 bits per heavy atom. The predicted octanol–water partition coefficient (Wildman–Crippen LogP) is 1.78. The number of hydrogen-bond acceptors (Lipinski definition) is 5. The van der Waals surface area contributed by atoms with Crippen LogP contribution in [0.3, 0.4) is 0 Å². The maximum atomic E-state index is 13.0. The number of esters is 1. The summed E-state index contributed by atoms with van der Waals surface area (Å²) >= 11 is 0. The number of urea groups is 1. The Hall–Kier alpha value is -2.03. The van der Waals surface area contributed by atoms with Crippen LogP contribution in [0.2, 0.25) is 0 Å². The summed E-state index contributed by atoms with van der Waals surface area (Å²) in [4.78, 5) is 43.9. The molecule has 0 bridgehead atoms. The van der Waals surface area contributed by atoms with Crippen molar-refractivity contribution >= 4 is 18.1 Å². The van der Waals surface area contributed by atoms with E-state index in [1.165, 1.54) is 16.9 Å². The van der Waals surface area contributed by atoms with E-state index >= 15 is 0 Å². The van der Waals surface area contributed by atoms with Crippen molar-refractivity contribution < 1.29 is 24.2 Å². The molecule has 0 aromatic heterocycles. The molecule has 1 spiro atoms. The number of carboxylic acid groups (broad SMARTS) is 1. The van der Waals surface area contributed by atoms with Crippen molar-refractivity contribution in [3.05, 3.63) is 0 Å². The number of likely N-dealkylation sites (tertiary alicyclic amines) is 1. The van der Waals surface area contributed by atoms with Crippen molar-refractivity contribution in [1.29, 1.82) is 0 Å². The van der Waals surface area contributed by atoms with Gasteiger partial charge in [-0.25, -0.2) is 14.4 Å². The van der Waals surface area contributed by atoms with Gasteiger partial charge in [0.1, 0.15) is 6.04 Å². The molecular weight excluding hydrogens is 376 g/mol. The van der Waals surface area contributed by atoms with Crippen LogP contribution in [0, 0.1) is 5.92 Å². The first-order chi connectivity index (χ1) is 13.7. The van der Waals surface area contributed by atoms with E-state index in [0.29, 0.717) is 26.2 Å². The lowest BCUT2D eigenvalue weighted by molar-refractivity contribution is -0.147. The van der Waals surface area contributed by atoms with Crippen LogP contribution in [-0.4, -0.2) is 108 Å². The van der Waals surface area contributed by atoms with Gasteiger partial charge in [-0.1, -0.05) is 20.8 Å². The fourth-order valence-electron chi connectivity index (χ4n) is 4.72. The lowest BCUT2D eigenvalue weighted by Gasteiger charge is -2.54. The molecule has 2 fully saturated rings. The Kier molecular flexibility index (Phi) is 7.73. The smallest absolute Gasteiger partial charge is 0.407 e. The van der Waals surface area contributed by atoms with Gasteiger partial charge in [-0.05, 0) is 31.7 Å². The molecule has 0 radical (unpaired) electrons. The van der Waals surface area contributed by atoms with E-state index < -0.39 is 18.1 Å². The van der Waals surface area contributed by atoms with E-state index in [1.54, 1.807) is 11.9 Å². The number of piperazine rings is 1. The van der Waals surface area contributed by atoms with E-state index in [0.717, 1.165) is 32.4 Å². The van der Waals surface area contributed by atoms with Gasteiger partial charge in [0, 0.05) is 45.3 Å². The van der Waals surface area contributed by atoms with Gasteiger partial charge in [0.25, 0.3) is 0 Å². The fraction of sp³-hybridized carbons (Fsp3) is 0.850. The Balaban J connectivity index is 2.09. The molecule has 1 unspecified atom stereocenters. The third-order valence-corrected chi connectivity index (χ3v) is 6.32. The summed E-state index contributed by atoms with van der Waals surface area (Å²) in [7, 11) is 2.98. The number of likely N-dealkylation sites (N-methyl/N-ethyl adjacent to an activating group) is 1. The van der Waals surface area contributed by atoms with Crippen molar-refractivity contribution in [2.75, 3.05) is 53.4 Å². The van der Waals surface area contributed by atoms with Crippen molar-refractivity contribution in [3.63, 3.8) is 0 Å². The largest absolute Gasteiger partial charge is 0.467 e. The second-order valence-corrected chi connectivity index (χ2v) is 8.51. The fourth-order valence-corrected chi connectivity index (χ4v) is 4.72. The highest BCUT2D eigenvalue weighted by atomic mass is 16.5. The highest BCUT2D eigenvalue weighted by Gasteiger charge is 2.46. The number of amides is 3. The monoisotopic (exact) mass is 412 g/mol. The van der Waals surface area contributed by atoms with Crippen LogP contribution in [0.25, 0.3) is 0 Å². The number of methoxy groups -OCH3 is 1. The SMILES string of the molecule is CCCN1CCN(C(=O)O)CC12CCN(C(=O)N(C)C(C(=O)OC)C(C)C)CC2. The minimum absolute atomic E-state index is 0.0601. The quantitative estimate of drug-likeness (QED) is 0.692. The zero-order chi connectivity index (χ0) is 21.8. The van der Waals surface area contributed by atoms with E-state index in [2.05, 4.69) is 11.8 Å². The molecule has 166 valence electrons. The van der Waals surface area contributed by atoms with Crippen molar-refractivity contribution in [2.24, 2.45) is 5.92 Å². The van der Waals surface area contributed by atoms with Crippen LogP contribution in [0.5, 0.6) is 0 Å². The minimum Gasteiger partial charge on any atom is -0.467 e. The first-order valence-electron chi connectivity index (χ1n) is 10.5. The molecule has 9 heteroatoms. The topological polar surface area (TPSA) is 93.6 Å². The third kappa shape index (κ3) is 4.94. The molecule has 0 saturated carbocycles. The molecule has 3 amide bonds. The standard InChI is InChI=1S/C20H36N4O5/c1-6-9-24-13-12-23(19(27)28)14-20(24)7-10-22(11-8-20)18(26)21(4)16(15(2)3)17(25)29-5/h15-16H,6-14H2,1-5H3,(H,27,28). The number of nitrogens with zero attached hydrogens (tertiary/aromatic N) is 4. The number of hydrogen-bond donors (Lipinski definition) is 1. The van der Waals surface area contributed by atoms with E-state index in [-0.39, 0.29) is 17.5 Å². The van der Waals surface area contributed by atoms with Crippen LogP contribution in [-0.2, 0) is 9.53 Å². The van der Waals surface area contributed by atoms with E-state index in [9.17, 15) is 19.5 Å². The second-order valence-electron chi connectivity index (χ2n) is 8.51. The van der Waals surface area contributed by atoms with Crippen molar-refractivity contribution in [3.8, 4) is 0 Å². The summed E-state index contributed by atoms with van der Waals surface area (Å²) < 4.78 is 4.88. The van der Waals surface area contributed by atoms with Gasteiger partial charge in [0.05, 0.1) is 7.11 Å². The van der Waals surface area contributed by atoms with E-state index in [4.69, 9.17) is 4.74 Å². The Morgan fingerprint density at radius 1 is 1.10 bits per heavy atom. The van der Waals surface area contributed by atoms with Crippen LogP contribution >= 0.6 is 0 Å². The lowest BCUT2D eigenvalue weighted by atomic mass is 9.83. The number of carbonyl (C=O) groups excluding carboxylic acids is 2. The molecule has 0 aromatic rings. The lowest BCUT2D eigenvalue weighted by Crippen LogP contribution is -2.67. The molecule has 2 saturated heterocycles. The Labute approximate surface area is 173 Å². The molecule has 2 rings (SSSR count). The van der Waals surface area contributed by atoms with Gasteiger partial charge in [-0.3, -0.25) is 4.90 Å². The van der Waals surface area contributed by atoms with Crippen LogP contribution in [0.1, 0.15) is 40.0 Å². The number of rotatable bonds is 5. The van der Waals surface area contributed by atoms with E-state index in [1.807, 2.05) is 13.8 Å². The summed E-state index contributed by atoms with van der Waals surface area (Å²) in [5, 5.41) is 9.46. The molecule has 0 aliphatic carbocycles. The van der Waals surface area contributed by atoms with Crippen molar-refractivity contribution in [1.82, 2.24) is 19.6 Å². The molecule has 1 atom stereocenters. The van der Waals surface area contributed by atoms with Crippen LogP contribution in [0.15, 0.2) is 0 Å². The number of carbonyl (C=O) groups is 3. The molecule has 2 aliphatic rings. The molecule has 9 nitrogen and oxygen atoms in total. The van der Waals surface area contributed by atoms with Gasteiger partial charge < -0.3 is 24.5 Å². The Morgan fingerprint density at radius 3 is 2.21 bits per heavy atom. The average molecular weight is 413 g/mol. The number of ether oxygens (including phenoxy) is 1. The zero-order valence-electron chi connectivity index (χ0n) is 18.4. The highest BCUT2D eigenvalue weighted by molar-refractivity contribution is 5.83. The number of piperidine rings is 1. The summed E-state index contributed by atoms with van der Waals surface area (Å²) in [6, 6.07) is -0.811. The zero-order valence-corrected chi connectivity index (χ0v) is 18.4. The molecule has 2 aliphatic heterocycles. The van der Waals surface area contributed by atoms with Gasteiger partial charge >= 0.3 is 18.1 Å². The molecule has 1 N–H and O–H groups in total. The second kappa shape index (κ2) is 9.65. The summed E-state index contributed by atoms with van der Waals surface area (Å²) in [6.45, 7) is 9.66. The van der Waals surface area contributed by atoms with Crippen LogP contribution < -0.4 is 0 Å². The van der Waals surface area contributed by atoms with Crippen molar-refractivity contribution in [2.45, 2.75) is 51.6 Å². The Bertz CT molecular complexity index is 604. The highest BCUT2D eigenvalue weighted by Crippen LogP contribution is 2.33. The van der Waals surface area contributed by atoms with Gasteiger partial charge in [-0.15, -0.1) is 0 Å². The maximum Gasteiger partial charge on any atom is 0.407 e. The van der Waals surface area contributed by atoms with Gasteiger partial charge in [0.15, 0.2) is 0 Å². The molecular formula is C20H36N4O5.